The number of thioether (sulfide) groups is 1. The minimum Gasteiger partial charge on any atom is -0.497 e. The third kappa shape index (κ3) is 3.47. The number of nitrogens with zero attached hydrogens (tertiary/aromatic N) is 4. The maximum atomic E-state index is 11.1. The molecule has 4 aromatic rings. The predicted octanol–water partition coefficient (Wildman–Crippen LogP) is 6.71. The molecule has 0 radical (unpaired) electrons. The van der Waals surface area contributed by atoms with Crippen LogP contribution in [0.5, 0.6) is 11.5 Å². The molecule has 0 unspecified atom stereocenters. The van der Waals surface area contributed by atoms with E-state index >= 15 is 0 Å². The molecule has 1 fully saturated rings. The zero-order valence-electron chi connectivity index (χ0n) is 22.4. The molecule has 6 nitrogen and oxygen atoms in total. The minimum absolute atomic E-state index is 0.593. The van der Waals surface area contributed by atoms with E-state index in [1.165, 1.54) is 11.8 Å². The fourth-order valence-corrected chi connectivity index (χ4v) is 8.31. The molecule has 198 valence electrons. The summed E-state index contributed by atoms with van der Waals surface area (Å²) in [5, 5.41) is 44.6. The average Bonchev–Trinajstić information content (AvgIpc) is 3.30. The highest BCUT2D eigenvalue weighted by Gasteiger charge is 2.83. The Bertz CT molecular complexity index is 1570. The lowest BCUT2D eigenvalue weighted by Gasteiger charge is -2.40. The molecular weight excluding hydrogens is 528 g/mol. The number of benzene rings is 4. The van der Waals surface area contributed by atoms with Crippen LogP contribution in [-0.4, -0.2) is 14.2 Å². The fraction of sp³-hybridized carbons (Fsp3) is 0.176. The number of nitriles is 4. The van der Waals surface area contributed by atoms with E-state index < -0.39 is 20.3 Å². The van der Waals surface area contributed by atoms with Gasteiger partial charge in [-0.05, 0) is 46.5 Å². The van der Waals surface area contributed by atoms with E-state index in [1.807, 2.05) is 60.7 Å². The van der Waals surface area contributed by atoms with Gasteiger partial charge in [0.2, 0.25) is 0 Å². The molecule has 0 bridgehead atoms. The van der Waals surface area contributed by atoms with Crippen LogP contribution in [-0.2, 0) is 9.49 Å². The number of methoxy groups -OCH3 is 2. The Balaban J connectivity index is 2.04. The van der Waals surface area contributed by atoms with E-state index in [9.17, 15) is 21.0 Å². The molecule has 0 N–H and O–H groups in total. The predicted molar refractivity (Wildman–Crippen MR) is 155 cm³/mol. The summed E-state index contributed by atoms with van der Waals surface area (Å²) in [4.78, 5) is 0. The Kier molecular flexibility index (Phi) is 6.94. The van der Waals surface area contributed by atoms with Gasteiger partial charge in [-0.1, -0.05) is 84.9 Å². The van der Waals surface area contributed by atoms with Gasteiger partial charge in [0.05, 0.1) is 38.5 Å². The summed E-state index contributed by atoms with van der Waals surface area (Å²) >= 11 is 1.29. The number of hydrogen-bond donors (Lipinski definition) is 0. The monoisotopic (exact) mass is 552 g/mol. The fourth-order valence-electron chi connectivity index (χ4n) is 6.04. The van der Waals surface area contributed by atoms with E-state index in [0.29, 0.717) is 33.8 Å². The summed E-state index contributed by atoms with van der Waals surface area (Å²) in [6.07, 6.45) is 0. The van der Waals surface area contributed by atoms with Gasteiger partial charge >= 0.3 is 0 Å². The molecule has 2 atom stereocenters. The zero-order chi connectivity index (χ0) is 29.1. The van der Waals surface area contributed by atoms with E-state index in [0.717, 1.165) is 0 Å². The molecule has 4 aromatic carbocycles. The molecule has 7 heteroatoms. The lowest BCUT2D eigenvalue weighted by molar-refractivity contribution is 0.237. The van der Waals surface area contributed by atoms with Crippen LogP contribution in [0.3, 0.4) is 0 Å². The Morgan fingerprint density at radius 3 is 1.02 bits per heavy atom. The average molecular weight is 553 g/mol. The summed E-state index contributed by atoms with van der Waals surface area (Å²) in [5.41, 5.74) is -1.92. The van der Waals surface area contributed by atoms with Crippen LogP contribution in [0.15, 0.2) is 109 Å². The van der Waals surface area contributed by atoms with Crippen molar-refractivity contribution in [1.29, 1.82) is 21.0 Å². The standard InChI is InChI=1S/C34H24N4O2S/c1-39-29-17-13-27(14-18-29)33(25-9-5-3-6-10-25)31(21-35,22-36)32(23-37,24-38)34(41-33,26-11-7-4-8-12-26)28-15-19-30(40-2)20-16-28/h3-20H,1-2H3/t33-,34+. The van der Waals surface area contributed by atoms with Crippen molar-refractivity contribution in [2.75, 3.05) is 14.2 Å². The summed E-state index contributed by atoms with van der Waals surface area (Å²) in [6.45, 7) is 0. The molecule has 1 aliphatic rings. The zero-order valence-corrected chi connectivity index (χ0v) is 23.2. The highest BCUT2D eigenvalue weighted by atomic mass is 32.2. The molecular formula is C34H24N4O2S. The third-order valence-electron chi connectivity index (χ3n) is 7.95. The topological polar surface area (TPSA) is 114 Å². The van der Waals surface area contributed by atoms with Gasteiger partial charge < -0.3 is 9.47 Å². The highest BCUT2D eigenvalue weighted by molar-refractivity contribution is 8.02. The Morgan fingerprint density at radius 1 is 0.463 bits per heavy atom. The highest BCUT2D eigenvalue weighted by Crippen LogP contribution is 2.80. The second-order valence-electron chi connectivity index (χ2n) is 9.60. The van der Waals surface area contributed by atoms with Crippen molar-refractivity contribution in [2.24, 2.45) is 10.8 Å². The molecule has 0 spiro atoms. The van der Waals surface area contributed by atoms with Crippen LogP contribution in [0.4, 0.5) is 0 Å². The van der Waals surface area contributed by atoms with E-state index in [-0.39, 0.29) is 0 Å². The van der Waals surface area contributed by atoms with Gasteiger partial charge in [-0.25, -0.2) is 0 Å². The van der Waals surface area contributed by atoms with Gasteiger partial charge in [-0.2, -0.15) is 21.0 Å². The van der Waals surface area contributed by atoms with Gasteiger partial charge in [0.1, 0.15) is 21.0 Å². The van der Waals surface area contributed by atoms with Gasteiger partial charge in [0.15, 0.2) is 10.8 Å². The van der Waals surface area contributed by atoms with Crippen molar-refractivity contribution in [3.05, 3.63) is 131 Å². The lowest BCUT2D eigenvalue weighted by atomic mass is 9.50. The molecule has 41 heavy (non-hydrogen) atoms. The number of rotatable bonds is 6. The van der Waals surface area contributed by atoms with E-state index in [2.05, 4.69) is 24.3 Å². The number of hydrogen-bond acceptors (Lipinski definition) is 7. The molecule has 0 aromatic heterocycles. The first-order chi connectivity index (χ1) is 20.0. The Hall–Kier alpha value is -5.21. The third-order valence-corrected chi connectivity index (χ3v) is 10.1. The minimum atomic E-state index is -2.18. The first kappa shape index (κ1) is 27.4. The molecule has 1 saturated heterocycles. The van der Waals surface area contributed by atoms with Crippen molar-refractivity contribution >= 4 is 11.8 Å². The van der Waals surface area contributed by atoms with E-state index in [4.69, 9.17) is 9.47 Å². The van der Waals surface area contributed by atoms with Crippen LogP contribution in [0.25, 0.3) is 0 Å². The van der Waals surface area contributed by atoms with Crippen LogP contribution in [0.1, 0.15) is 22.3 Å². The van der Waals surface area contributed by atoms with Crippen LogP contribution in [0, 0.1) is 56.2 Å². The van der Waals surface area contributed by atoms with Crippen molar-refractivity contribution in [3.8, 4) is 35.8 Å². The first-order valence-electron chi connectivity index (χ1n) is 12.7. The van der Waals surface area contributed by atoms with Crippen LogP contribution >= 0.6 is 11.8 Å². The quantitative estimate of drug-likeness (QED) is 0.261. The SMILES string of the molecule is COc1ccc([C@@]2(c3ccccc3)S[C@@](c3ccccc3)(c3ccc(OC)cc3)C(C#N)(C#N)C2(C#N)C#N)cc1. The van der Waals surface area contributed by atoms with E-state index in [1.54, 1.807) is 62.8 Å². The van der Waals surface area contributed by atoms with Crippen molar-refractivity contribution in [3.63, 3.8) is 0 Å². The van der Waals surface area contributed by atoms with Gasteiger partial charge in [-0.15, -0.1) is 11.8 Å². The Morgan fingerprint density at radius 2 is 0.756 bits per heavy atom. The number of ether oxygens (including phenoxy) is 2. The summed E-state index contributed by atoms with van der Waals surface area (Å²) < 4.78 is 7.85. The molecule has 1 heterocycles. The maximum absolute atomic E-state index is 11.1. The molecule has 5 rings (SSSR count). The molecule has 0 saturated carbocycles. The normalized spacial score (nSPS) is 21.8. The maximum Gasteiger partial charge on any atom is 0.200 e. The second kappa shape index (κ2) is 10.4. The summed E-state index contributed by atoms with van der Waals surface area (Å²) in [7, 11) is 3.11. The molecule has 0 amide bonds. The van der Waals surface area contributed by atoms with Crippen LogP contribution < -0.4 is 9.47 Å². The summed E-state index contributed by atoms with van der Waals surface area (Å²) in [5.74, 6) is 1.19. The lowest BCUT2D eigenvalue weighted by Crippen LogP contribution is -2.52. The second-order valence-corrected chi connectivity index (χ2v) is 11.0. The largest absolute Gasteiger partial charge is 0.497 e. The van der Waals surface area contributed by atoms with Crippen molar-refractivity contribution < 1.29 is 9.47 Å². The smallest absolute Gasteiger partial charge is 0.200 e. The van der Waals surface area contributed by atoms with Crippen molar-refractivity contribution in [1.82, 2.24) is 0 Å². The van der Waals surface area contributed by atoms with Gasteiger partial charge in [0.25, 0.3) is 0 Å². The first-order valence-corrected chi connectivity index (χ1v) is 13.6. The van der Waals surface area contributed by atoms with Crippen LogP contribution in [0.2, 0.25) is 0 Å². The van der Waals surface area contributed by atoms with Gasteiger partial charge in [0, 0.05) is 0 Å². The summed E-state index contributed by atoms with van der Waals surface area (Å²) in [6, 6.07) is 41.7. The molecule has 0 aliphatic carbocycles. The van der Waals surface area contributed by atoms with Crippen molar-refractivity contribution in [2.45, 2.75) is 9.49 Å². The molecule has 1 aliphatic heterocycles. The Labute approximate surface area is 243 Å². The van der Waals surface area contributed by atoms with Gasteiger partial charge in [-0.3, -0.25) is 0 Å².